The van der Waals surface area contributed by atoms with Crippen LogP contribution in [0.25, 0.3) is 0 Å². The van der Waals surface area contributed by atoms with Gasteiger partial charge in [-0.05, 0) is 18.9 Å². The molecule has 10 heavy (non-hydrogen) atoms. The Balaban J connectivity index is 2.87. The summed E-state index contributed by atoms with van der Waals surface area (Å²) >= 11 is 0. The highest BCUT2D eigenvalue weighted by atomic mass is 15.3. The van der Waals surface area contributed by atoms with Crippen LogP contribution in [0.15, 0.2) is 6.20 Å². The molecule has 1 aromatic rings. The van der Waals surface area contributed by atoms with Gasteiger partial charge in [0.15, 0.2) is 0 Å². The Hall–Kier alpha value is -0.790. The lowest BCUT2D eigenvalue weighted by Gasteiger charge is -1.99. The van der Waals surface area contributed by atoms with Crippen molar-refractivity contribution in [2.45, 2.75) is 26.7 Å². The molecule has 0 radical (unpaired) electrons. The monoisotopic (exact) mass is 138 g/mol. The zero-order valence-electron chi connectivity index (χ0n) is 6.89. The predicted molar refractivity (Wildman–Crippen MR) is 41.9 cm³/mol. The van der Waals surface area contributed by atoms with Crippen molar-refractivity contribution in [3.8, 4) is 0 Å². The summed E-state index contributed by atoms with van der Waals surface area (Å²) in [5, 5.41) is 4.15. The lowest BCUT2D eigenvalue weighted by atomic mass is 10.2. The molecule has 0 atom stereocenters. The maximum atomic E-state index is 4.15. The van der Waals surface area contributed by atoms with E-state index in [9.17, 15) is 0 Å². The summed E-state index contributed by atoms with van der Waals surface area (Å²) in [6.45, 7) is 4.30. The van der Waals surface area contributed by atoms with E-state index < -0.39 is 0 Å². The third kappa shape index (κ3) is 1.20. The SMILES string of the molecule is CCCc1c(C)cnn1C. The van der Waals surface area contributed by atoms with Gasteiger partial charge in [0.1, 0.15) is 0 Å². The van der Waals surface area contributed by atoms with Gasteiger partial charge in [-0.25, -0.2) is 0 Å². The van der Waals surface area contributed by atoms with E-state index in [-0.39, 0.29) is 0 Å². The fourth-order valence-corrected chi connectivity index (χ4v) is 1.17. The second-order valence-corrected chi connectivity index (χ2v) is 2.65. The van der Waals surface area contributed by atoms with Gasteiger partial charge in [0, 0.05) is 12.7 Å². The predicted octanol–water partition coefficient (Wildman–Crippen LogP) is 1.68. The molecule has 1 aromatic heterocycles. The van der Waals surface area contributed by atoms with Gasteiger partial charge in [0.05, 0.1) is 6.20 Å². The normalized spacial score (nSPS) is 10.3. The molecule has 0 aliphatic rings. The van der Waals surface area contributed by atoms with E-state index in [1.807, 2.05) is 17.9 Å². The average Bonchev–Trinajstić information content (AvgIpc) is 2.20. The second kappa shape index (κ2) is 2.86. The van der Waals surface area contributed by atoms with E-state index in [1.165, 1.54) is 17.7 Å². The standard InChI is InChI=1S/C8H14N2/c1-4-5-8-7(2)6-9-10(8)3/h6H,4-5H2,1-3H3. The Bertz CT molecular complexity index is 194. The summed E-state index contributed by atoms with van der Waals surface area (Å²) in [4.78, 5) is 0. The maximum Gasteiger partial charge on any atom is 0.0521 e. The van der Waals surface area contributed by atoms with E-state index in [0.29, 0.717) is 0 Å². The fraction of sp³-hybridized carbons (Fsp3) is 0.625. The first-order chi connectivity index (χ1) is 4.75. The number of hydrogen-bond donors (Lipinski definition) is 0. The quantitative estimate of drug-likeness (QED) is 0.608. The van der Waals surface area contributed by atoms with Gasteiger partial charge >= 0.3 is 0 Å². The highest BCUT2D eigenvalue weighted by molar-refractivity contribution is 5.14. The summed E-state index contributed by atoms with van der Waals surface area (Å²) in [7, 11) is 2.00. The molecule has 2 heteroatoms. The van der Waals surface area contributed by atoms with Crippen molar-refractivity contribution >= 4 is 0 Å². The number of nitrogens with zero attached hydrogens (tertiary/aromatic N) is 2. The van der Waals surface area contributed by atoms with Crippen LogP contribution < -0.4 is 0 Å². The Labute approximate surface area is 61.9 Å². The van der Waals surface area contributed by atoms with Crippen LogP contribution in [0.2, 0.25) is 0 Å². The first kappa shape index (κ1) is 7.32. The molecule has 0 saturated carbocycles. The number of hydrogen-bond acceptors (Lipinski definition) is 1. The van der Waals surface area contributed by atoms with Gasteiger partial charge < -0.3 is 0 Å². The van der Waals surface area contributed by atoms with Gasteiger partial charge in [-0.15, -0.1) is 0 Å². The van der Waals surface area contributed by atoms with Crippen LogP contribution in [0.5, 0.6) is 0 Å². The van der Waals surface area contributed by atoms with Gasteiger partial charge in [-0.2, -0.15) is 5.10 Å². The van der Waals surface area contributed by atoms with Gasteiger partial charge in [-0.3, -0.25) is 4.68 Å². The maximum absolute atomic E-state index is 4.15. The van der Waals surface area contributed by atoms with Crippen molar-refractivity contribution in [3.63, 3.8) is 0 Å². The Morgan fingerprint density at radius 3 is 2.70 bits per heavy atom. The highest BCUT2D eigenvalue weighted by Crippen LogP contribution is 2.07. The Morgan fingerprint density at radius 1 is 1.60 bits per heavy atom. The Kier molecular flexibility index (Phi) is 2.10. The molecule has 0 spiro atoms. The van der Waals surface area contributed by atoms with Crippen molar-refractivity contribution in [3.05, 3.63) is 17.5 Å². The number of rotatable bonds is 2. The zero-order valence-corrected chi connectivity index (χ0v) is 6.89. The van der Waals surface area contributed by atoms with Crippen molar-refractivity contribution in [1.29, 1.82) is 0 Å². The molecule has 0 aliphatic heterocycles. The smallest absolute Gasteiger partial charge is 0.0521 e. The van der Waals surface area contributed by atoms with Crippen molar-refractivity contribution in [1.82, 2.24) is 9.78 Å². The van der Waals surface area contributed by atoms with Crippen molar-refractivity contribution in [2.24, 2.45) is 7.05 Å². The molecule has 1 heterocycles. The molecule has 0 N–H and O–H groups in total. The molecule has 56 valence electrons. The van der Waals surface area contributed by atoms with Crippen LogP contribution in [0.1, 0.15) is 24.6 Å². The molecular weight excluding hydrogens is 124 g/mol. The third-order valence-corrected chi connectivity index (χ3v) is 1.76. The summed E-state index contributed by atoms with van der Waals surface area (Å²) in [5.41, 5.74) is 2.67. The average molecular weight is 138 g/mol. The summed E-state index contributed by atoms with van der Waals surface area (Å²) in [6.07, 6.45) is 4.26. The minimum atomic E-state index is 1.14. The first-order valence-corrected chi connectivity index (χ1v) is 3.73. The van der Waals surface area contributed by atoms with E-state index >= 15 is 0 Å². The van der Waals surface area contributed by atoms with E-state index in [4.69, 9.17) is 0 Å². The molecule has 0 fully saturated rings. The molecule has 0 bridgehead atoms. The second-order valence-electron chi connectivity index (χ2n) is 2.65. The minimum Gasteiger partial charge on any atom is -0.272 e. The van der Waals surface area contributed by atoms with Crippen LogP contribution in [0, 0.1) is 6.92 Å². The topological polar surface area (TPSA) is 17.8 Å². The highest BCUT2D eigenvalue weighted by Gasteiger charge is 2.00. The fourth-order valence-electron chi connectivity index (χ4n) is 1.17. The van der Waals surface area contributed by atoms with Crippen LogP contribution >= 0.6 is 0 Å². The summed E-state index contributed by atoms with van der Waals surface area (Å²) in [5.74, 6) is 0. The van der Waals surface area contributed by atoms with Gasteiger partial charge in [0.2, 0.25) is 0 Å². The number of aryl methyl sites for hydroxylation is 2. The lowest BCUT2D eigenvalue weighted by molar-refractivity contribution is 0.695. The molecule has 0 unspecified atom stereocenters. The zero-order chi connectivity index (χ0) is 7.56. The molecule has 0 saturated heterocycles. The molecule has 0 aromatic carbocycles. The number of aromatic nitrogens is 2. The van der Waals surface area contributed by atoms with E-state index in [1.54, 1.807) is 0 Å². The molecule has 0 amide bonds. The molecule has 2 nitrogen and oxygen atoms in total. The first-order valence-electron chi connectivity index (χ1n) is 3.73. The molecular formula is C8H14N2. The van der Waals surface area contributed by atoms with Crippen LogP contribution in [-0.4, -0.2) is 9.78 Å². The van der Waals surface area contributed by atoms with Crippen LogP contribution in [0.3, 0.4) is 0 Å². The van der Waals surface area contributed by atoms with Gasteiger partial charge in [0.25, 0.3) is 0 Å². The largest absolute Gasteiger partial charge is 0.272 e. The van der Waals surface area contributed by atoms with E-state index in [0.717, 1.165) is 6.42 Å². The lowest BCUT2D eigenvalue weighted by Crippen LogP contribution is -1.98. The summed E-state index contributed by atoms with van der Waals surface area (Å²) < 4.78 is 1.96. The van der Waals surface area contributed by atoms with Crippen LogP contribution in [0.4, 0.5) is 0 Å². The summed E-state index contributed by atoms with van der Waals surface area (Å²) in [6, 6.07) is 0. The van der Waals surface area contributed by atoms with Crippen molar-refractivity contribution in [2.75, 3.05) is 0 Å². The Morgan fingerprint density at radius 2 is 2.30 bits per heavy atom. The van der Waals surface area contributed by atoms with E-state index in [2.05, 4.69) is 18.9 Å². The minimum absolute atomic E-state index is 1.14. The molecule has 0 aliphatic carbocycles. The third-order valence-electron chi connectivity index (χ3n) is 1.76. The van der Waals surface area contributed by atoms with Gasteiger partial charge in [-0.1, -0.05) is 13.3 Å². The van der Waals surface area contributed by atoms with Crippen molar-refractivity contribution < 1.29 is 0 Å². The van der Waals surface area contributed by atoms with Crippen LogP contribution in [-0.2, 0) is 13.5 Å². The molecule has 1 rings (SSSR count).